The molecule has 1 aliphatic rings. The van der Waals surface area contributed by atoms with E-state index in [1.165, 1.54) is 13.0 Å². The number of aromatic nitrogens is 2. The normalized spacial score (nSPS) is 21.8. The molecule has 0 aliphatic carbocycles. The van der Waals surface area contributed by atoms with Gasteiger partial charge in [0.15, 0.2) is 0 Å². The summed E-state index contributed by atoms with van der Waals surface area (Å²) in [4.78, 5) is 10.5. The number of anilines is 2. The van der Waals surface area contributed by atoms with Crippen LogP contribution < -0.4 is 11.1 Å². The zero-order chi connectivity index (χ0) is 10.7. The average molecular weight is 207 g/mol. The second kappa shape index (κ2) is 4.44. The topological polar surface area (TPSA) is 67.1 Å². The molecular weight excluding hydrogens is 190 g/mol. The Morgan fingerprint density at radius 3 is 3.00 bits per heavy atom. The molecule has 0 radical (unpaired) electrons. The minimum atomic E-state index is 0.459. The number of rotatable bonds is 3. The van der Waals surface area contributed by atoms with Crippen molar-refractivity contribution in [3.8, 4) is 0 Å². The van der Waals surface area contributed by atoms with Crippen LogP contribution in [0.4, 0.5) is 11.6 Å². The van der Waals surface area contributed by atoms with Gasteiger partial charge in [0.2, 0.25) is 0 Å². The van der Waals surface area contributed by atoms with Crippen molar-refractivity contribution in [1.29, 1.82) is 0 Å². The molecule has 0 spiro atoms. The lowest BCUT2D eigenvalue weighted by Gasteiger charge is -2.11. The third-order valence-electron chi connectivity index (χ3n) is 2.73. The van der Waals surface area contributed by atoms with Crippen LogP contribution in [0.2, 0.25) is 0 Å². The molecule has 1 aromatic rings. The van der Waals surface area contributed by atoms with Gasteiger partial charge in [0.25, 0.3) is 0 Å². The second-order valence-electron chi connectivity index (χ2n) is 4.12. The molecule has 3 N–H and O–H groups in total. The smallest absolute Gasteiger partial charge is 0.144 e. The minimum absolute atomic E-state index is 0.459. The molecule has 2 rings (SSSR count). The lowest BCUT2D eigenvalue weighted by Crippen LogP contribution is -2.19. The molecule has 1 fully saturated rings. The molecule has 0 aromatic carbocycles. The fraction of sp³-hybridized carbons (Fsp3) is 0.600. The van der Waals surface area contributed by atoms with Crippen molar-refractivity contribution >= 4 is 11.6 Å². The van der Waals surface area contributed by atoms with Crippen LogP contribution in [0, 0.1) is 5.92 Å². The fourth-order valence-corrected chi connectivity index (χ4v) is 1.87. The molecular formula is C10H17N5. The zero-order valence-corrected chi connectivity index (χ0v) is 8.98. The van der Waals surface area contributed by atoms with E-state index in [0.29, 0.717) is 11.7 Å². The number of hydrogen-bond donors (Lipinski definition) is 2. The summed E-state index contributed by atoms with van der Waals surface area (Å²) < 4.78 is 0. The van der Waals surface area contributed by atoms with E-state index in [2.05, 4.69) is 27.2 Å². The highest BCUT2D eigenvalue weighted by molar-refractivity contribution is 5.35. The van der Waals surface area contributed by atoms with E-state index in [0.717, 1.165) is 18.9 Å². The Morgan fingerprint density at radius 1 is 1.53 bits per heavy atom. The Kier molecular flexibility index (Phi) is 3.01. The van der Waals surface area contributed by atoms with Gasteiger partial charge in [-0.25, -0.2) is 9.97 Å². The standard InChI is InChI=1S/C10H17N5/c1-15-3-2-8(7-15)4-13-10-6-12-9(11)5-14-10/h5-6,8H,2-4,7H2,1H3,(H2,11,12)(H,13,14). The molecule has 1 unspecified atom stereocenters. The summed E-state index contributed by atoms with van der Waals surface area (Å²) in [6, 6.07) is 0. The lowest BCUT2D eigenvalue weighted by atomic mass is 10.1. The van der Waals surface area contributed by atoms with Gasteiger partial charge in [-0.2, -0.15) is 0 Å². The van der Waals surface area contributed by atoms with Gasteiger partial charge in [-0.1, -0.05) is 0 Å². The van der Waals surface area contributed by atoms with E-state index in [-0.39, 0.29) is 0 Å². The highest BCUT2D eigenvalue weighted by atomic mass is 15.1. The van der Waals surface area contributed by atoms with Gasteiger partial charge in [0, 0.05) is 13.1 Å². The van der Waals surface area contributed by atoms with Crippen molar-refractivity contribution in [1.82, 2.24) is 14.9 Å². The second-order valence-corrected chi connectivity index (χ2v) is 4.12. The van der Waals surface area contributed by atoms with E-state index in [4.69, 9.17) is 5.73 Å². The van der Waals surface area contributed by atoms with Crippen LogP contribution in [-0.2, 0) is 0 Å². The molecule has 0 bridgehead atoms. The third kappa shape index (κ3) is 2.79. The van der Waals surface area contributed by atoms with Crippen LogP contribution in [0.5, 0.6) is 0 Å². The maximum atomic E-state index is 5.46. The highest BCUT2D eigenvalue weighted by Crippen LogP contribution is 2.14. The summed E-state index contributed by atoms with van der Waals surface area (Å²) in [6.45, 7) is 3.32. The van der Waals surface area contributed by atoms with Gasteiger partial charge in [0.05, 0.1) is 12.4 Å². The first-order chi connectivity index (χ1) is 7.24. The first-order valence-electron chi connectivity index (χ1n) is 5.24. The first-order valence-corrected chi connectivity index (χ1v) is 5.24. The van der Waals surface area contributed by atoms with Gasteiger partial charge in [-0.3, -0.25) is 0 Å². The van der Waals surface area contributed by atoms with Crippen LogP contribution in [0.1, 0.15) is 6.42 Å². The summed E-state index contributed by atoms with van der Waals surface area (Å²) in [6.07, 6.45) is 4.50. The van der Waals surface area contributed by atoms with Gasteiger partial charge in [0.1, 0.15) is 11.6 Å². The summed E-state index contributed by atoms with van der Waals surface area (Å²) in [5, 5.41) is 3.28. The van der Waals surface area contributed by atoms with Crippen LogP contribution in [0.15, 0.2) is 12.4 Å². The average Bonchev–Trinajstić information content (AvgIpc) is 2.64. The quantitative estimate of drug-likeness (QED) is 0.752. The van der Waals surface area contributed by atoms with Crippen molar-refractivity contribution < 1.29 is 0 Å². The Morgan fingerprint density at radius 2 is 2.40 bits per heavy atom. The number of likely N-dealkylation sites (tertiary alicyclic amines) is 1. The molecule has 0 saturated carbocycles. The Bertz CT molecular complexity index is 310. The van der Waals surface area contributed by atoms with Crippen LogP contribution in [0.25, 0.3) is 0 Å². The maximum Gasteiger partial charge on any atom is 0.144 e. The van der Waals surface area contributed by atoms with Gasteiger partial charge < -0.3 is 16.0 Å². The van der Waals surface area contributed by atoms with E-state index in [9.17, 15) is 0 Å². The number of nitrogens with two attached hydrogens (primary N) is 1. The number of nitrogens with zero attached hydrogens (tertiary/aromatic N) is 3. The lowest BCUT2D eigenvalue weighted by molar-refractivity contribution is 0.399. The number of nitrogens with one attached hydrogen (secondary N) is 1. The predicted octanol–water partition coefficient (Wildman–Crippen LogP) is 0.422. The molecule has 1 aliphatic heterocycles. The number of nitrogen functional groups attached to an aromatic ring is 1. The van der Waals surface area contributed by atoms with Crippen molar-refractivity contribution in [2.75, 3.05) is 37.7 Å². The molecule has 82 valence electrons. The fourth-order valence-electron chi connectivity index (χ4n) is 1.87. The molecule has 15 heavy (non-hydrogen) atoms. The Hall–Kier alpha value is -1.36. The summed E-state index contributed by atoms with van der Waals surface area (Å²) >= 11 is 0. The van der Waals surface area contributed by atoms with Crippen LogP contribution >= 0.6 is 0 Å². The SMILES string of the molecule is CN1CCC(CNc2cnc(N)cn2)C1. The maximum absolute atomic E-state index is 5.46. The Balaban J connectivity index is 1.80. The molecule has 1 atom stereocenters. The van der Waals surface area contributed by atoms with Gasteiger partial charge in [-0.05, 0) is 25.9 Å². The summed E-state index contributed by atoms with van der Waals surface area (Å²) in [5.41, 5.74) is 5.46. The zero-order valence-electron chi connectivity index (χ0n) is 8.98. The molecule has 5 heteroatoms. The molecule has 0 amide bonds. The van der Waals surface area contributed by atoms with Crippen molar-refractivity contribution in [2.24, 2.45) is 5.92 Å². The molecule has 1 saturated heterocycles. The van der Waals surface area contributed by atoms with Crippen LogP contribution in [0.3, 0.4) is 0 Å². The third-order valence-corrected chi connectivity index (χ3v) is 2.73. The monoisotopic (exact) mass is 207 g/mol. The minimum Gasteiger partial charge on any atom is -0.382 e. The predicted molar refractivity (Wildman–Crippen MR) is 60.5 cm³/mol. The Labute approximate surface area is 89.7 Å². The summed E-state index contributed by atoms with van der Waals surface area (Å²) in [7, 11) is 2.16. The van der Waals surface area contributed by atoms with Crippen molar-refractivity contribution in [3.05, 3.63) is 12.4 Å². The van der Waals surface area contributed by atoms with E-state index < -0.39 is 0 Å². The first kappa shape index (κ1) is 10.2. The van der Waals surface area contributed by atoms with Crippen molar-refractivity contribution in [2.45, 2.75) is 6.42 Å². The van der Waals surface area contributed by atoms with E-state index in [1.807, 2.05) is 0 Å². The van der Waals surface area contributed by atoms with Gasteiger partial charge >= 0.3 is 0 Å². The molecule has 2 heterocycles. The largest absolute Gasteiger partial charge is 0.382 e. The highest BCUT2D eigenvalue weighted by Gasteiger charge is 2.18. The molecule has 1 aromatic heterocycles. The summed E-state index contributed by atoms with van der Waals surface area (Å²) in [5.74, 6) is 1.98. The van der Waals surface area contributed by atoms with E-state index >= 15 is 0 Å². The van der Waals surface area contributed by atoms with Crippen LogP contribution in [-0.4, -0.2) is 41.5 Å². The molecule has 5 nitrogen and oxygen atoms in total. The number of hydrogen-bond acceptors (Lipinski definition) is 5. The van der Waals surface area contributed by atoms with E-state index in [1.54, 1.807) is 12.4 Å². The van der Waals surface area contributed by atoms with Gasteiger partial charge in [-0.15, -0.1) is 0 Å². The van der Waals surface area contributed by atoms with Crippen molar-refractivity contribution in [3.63, 3.8) is 0 Å².